The van der Waals surface area contributed by atoms with E-state index < -0.39 is 5.91 Å². The van der Waals surface area contributed by atoms with Crippen LogP contribution in [0.5, 0.6) is 0 Å². The Hall–Kier alpha value is -2.13. The van der Waals surface area contributed by atoms with E-state index in [-0.39, 0.29) is 24.8 Å². The number of benzene rings is 1. The number of likely N-dealkylation sites (N-methyl/N-ethyl adjacent to an activating group) is 1. The molecule has 0 radical (unpaired) electrons. The zero-order valence-corrected chi connectivity index (χ0v) is 19.4. The van der Waals surface area contributed by atoms with Crippen LogP contribution in [0.2, 0.25) is 10.0 Å². The molecule has 0 fully saturated rings. The third kappa shape index (κ3) is 6.20. The molecule has 0 bridgehead atoms. The number of fused-ring (bicyclic) bond motifs is 1. The zero-order chi connectivity index (χ0) is 22.5. The molecule has 1 aromatic carbocycles. The molecule has 31 heavy (non-hydrogen) atoms. The molecule has 1 heterocycles. The summed E-state index contributed by atoms with van der Waals surface area (Å²) in [4.78, 5) is 39.4. The van der Waals surface area contributed by atoms with E-state index in [0.717, 1.165) is 36.1 Å². The number of anilines is 2. The molecule has 0 saturated carbocycles. The molecular formula is C21H24Cl2N4O3S. The molecular weight excluding hydrogens is 459 g/mol. The topological polar surface area (TPSA) is 105 Å². The second-order valence-electron chi connectivity index (χ2n) is 7.49. The molecule has 1 aliphatic carbocycles. The molecule has 0 unspecified atom stereocenters. The van der Waals surface area contributed by atoms with Crippen molar-refractivity contribution < 1.29 is 14.4 Å². The lowest BCUT2D eigenvalue weighted by molar-refractivity contribution is -0.119. The number of rotatable bonds is 8. The van der Waals surface area contributed by atoms with Crippen LogP contribution in [0, 0.1) is 0 Å². The Morgan fingerprint density at radius 1 is 1.10 bits per heavy atom. The number of carbonyl (C=O) groups is 3. The highest BCUT2D eigenvalue weighted by Crippen LogP contribution is 2.37. The van der Waals surface area contributed by atoms with Gasteiger partial charge >= 0.3 is 0 Å². The van der Waals surface area contributed by atoms with Gasteiger partial charge in [-0.3, -0.25) is 19.3 Å². The Labute approximate surface area is 194 Å². The summed E-state index contributed by atoms with van der Waals surface area (Å²) in [6, 6.07) is 4.85. The van der Waals surface area contributed by atoms with Crippen LogP contribution >= 0.6 is 34.5 Å². The Balaban J connectivity index is 1.50. The number of nitrogens with one attached hydrogen (secondary N) is 2. The van der Waals surface area contributed by atoms with Gasteiger partial charge in [0, 0.05) is 23.5 Å². The lowest BCUT2D eigenvalue weighted by Gasteiger charge is -2.16. The number of amides is 3. The number of hydrogen-bond acceptors (Lipinski definition) is 5. The Morgan fingerprint density at radius 3 is 2.55 bits per heavy atom. The summed E-state index contributed by atoms with van der Waals surface area (Å²) in [6.45, 7) is 0.477. The van der Waals surface area contributed by atoms with Crippen LogP contribution in [0.1, 0.15) is 40.1 Å². The number of nitrogens with two attached hydrogens (primary N) is 1. The van der Waals surface area contributed by atoms with Crippen molar-refractivity contribution in [3.63, 3.8) is 0 Å². The predicted molar refractivity (Wildman–Crippen MR) is 125 cm³/mol. The van der Waals surface area contributed by atoms with Crippen molar-refractivity contribution in [2.45, 2.75) is 32.1 Å². The van der Waals surface area contributed by atoms with Crippen molar-refractivity contribution >= 4 is 62.9 Å². The summed E-state index contributed by atoms with van der Waals surface area (Å²) >= 11 is 13.3. The third-order valence-corrected chi connectivity index (χ3v) is 6.95. The van der Waals surface area contributed by atoms with E-state index in [1.54, 1.807) is 30.1 Å². The van der Waals surface area contributed by atoms with E-state index in [0.29, 0.717) is 32.8 Å². The quantitative estimate of drug-likeness (QED) is 0.529. The number of thiophene rings is 1. The number of primary amides is 1. The maximum absolute atomic E-state index is 12.4. The van der Waals surface area contributed by atoms with Crippen LogP contribution in [0.25, 0.3) is 0 Å². The van der Waals surface area contributed by atoms with Gasteiger partial charge in [-0.25, -0.2) is 0 Å². The van der Waals surface area contributed by atoms with Crippen molar-refractivity contribution in [1.29, 1.82) is 0 Å². The van der Waals surface area contributed by atoms with Gasteiger partial charge in [-0.2, -0.15) is 0 Å². The van der Waals surface area contributed by atoms with Crippen molar-refractivity contribution in [3.8, 4) is 0 Å². The van der Waals surface area contributed by atoms with Gasteiger partial charge in [0.1, 0.15) is 5.00 Å². The molecule has 0 saturated heterocycles. The molecule has 3 amide bonds. The van der Waals surface area contributed by atoms with Crippen LogP contribution < -0.4 is 16.4 Å². The number of hydrogen-bond donors (Lipinski definition) is 3. The fourth-order valence-electron chi connectivity index (χ4n) is 3.49. The van der Waals surface area contributed by atoms with E-state index in [1.165, 1.54) is 11.3 Å². The molecule has 3 rings (SSSR count). The van der Waals surface area contributed by atoms with Crippen molar-refractivity contribution in [2.24, 2.45) is 5.73 Å². The van der Waals surface area contributed by atoms with E-state index in [9.17, 15) is 14.4 Å². The molecule has 10 heteroatoms. The van der Waals surface area contributed by atoms with Gasteiger partial charge in [0.15, 0.2) is 0 Å². The highest BCUT2D eigenvalue weighted by molar-refractivity contribution is 7.17. The van der Waals surface area contributed by atoms with Crippen molar-refractivity contribution in [1.82, 2.24) is 4.90 Å². The maximum Gasteiger partial charge on any atom is 0.251 e. The second kappa shape index (κ2) is 10.5. The zero-order valence-electron chi connectivity index (χ0n) is 17.1. The van der Waals surface area contributed by atoms with Crippen LogP contribution in [0.4, 0.5) is 10.7 Å². The molecule has 0 atom stereocenters. The Kier molecular flexibility index (Phi) is 7.94. The summed E-state index contributed by atoms with van der Waals surface area (Å²) < 4.78 is 0. The first-order chi connectivity index (χ1) is 14.7. The monoisotopic (exact) mass is 482 g/mol. The van der Waals surface area contributed by atoms with Crippen molar-refractivity contribution in [2.75, 3.05) is 30.8 Å². The first-order valence-electron chi connectivity index (χ1n) is 9.92. The normalized spacial score (nSPS) is 13.0. The highest BCUT2D eigenvalue weighted by atomic mass is 35.5. The molecule has 1 aromatic heterocycles. The summed E-state index contributed by atoms with van der Waals surface area (Å²) in [5, 5.41) is 6.87. The molecule has 0 aliphatic heterocycles. The van der Waals surface area contributed by atoms with Crippen LogP contribution in [0.3, 0.4) is 0 Å². The van der Waals surface area contributed by atoms with Crippen LogP contribution in [-0.4, -0.2) is 42.8 Å². The highest BCUT2D eigenvalue weighted by Gasteiger charge is 2.25. The minimum atomic E-state index is -0.509. The SMILES string of the molecule is CN(CCC(=O)Nc1sc2c(c1C(N)=O)CCCC2)CC(=O)Nc1ccc(Cl)c(Cl)c1. The van der Waals surface area contributed by atoms with Gasteiger partial charge in [-0.1, -0.05) is 23.2 Å². The third-order valence-electron chi connectivity index (χ3n) is 5.01. The lowest BCUT2D eigenvalue weighted by Crippen LogP contribution is -2.32. The van der Waals surface area contributed by atoms with Gasteiger partial charge in [0.2, 0.25) is 11.8 Å². The smallest absolute Gasteiger partial charge is 0.251 e. The molecule has 7 nitrogen and oxygen atoms in total. The van der Waals surface area contributed by atoms with Crippen LogP contribution in [0.15, 0.2) is 18.2 Å². The average Bonchev–Trinajstić information content (AvgIpc) is 3.07. The fraction of sp³-hybridized carbons (Fsp3) is 0.381. The van der Waals surface area contributed by atoms with Gasteiger partial charge in [0.25, 0.3) is 5.91 Å². The summed E-state index contributed by atoms with van der Waals surface area (Å²) in [5.74, 6) is -0.966. The first-order valence-corrected chi connectivity index (χ1v) is 11.5. The summed E-state index contributed by atoms with van der Waals surface area (Å²) in [7, 11) is 1.75. The molecule has 1 aliphatic rings. The molecule has 0 spiro atoms. The van der Waals surface area contributed by atoms with E-state index in [1.807, 2.05) is 0 Å². The average molecular weight is 483 g/mol. The first kappa shape index (κ1) is 23.5. The van der Waals surface area contributed by atoms with Gasteiger partial charge in [-0.05, 0) is 56.5 Å². The predicted octanol–water partition coefficient (Wildman–Crippen LogP) is 3.93. The molecule has 2 aromatic rings. The summed E-state index contributed by atoms with van der Waals surface area (Å²) in [6.07, 6.45) is 4.00. The number of carbonyl (C=O) groups excluding carboxylic acids is 3. The minimum Gasteiger partial charge on any atom is -0.365 e. The maximum atomic E-state index is 12.4. The lowest BCUT2D eigenvalue weighted by atomic mass is 9.95. The van der Waals surface area contributed by atoms with E-state index in [4.69, 9.17) is 28.9 Å². The number of aryl methyl sites for hydroxylation is 1. The van der Waals surface area contributed by atoms with Gasteiger partial charge in [0.05, 0.1) is 22.2 Å². The van der Waals surface area contributed by atoms with Crippen molar-refractivity contribution in [3.05, 3.63) is 44.2 Å². The summed E-state index contributed by atoms with van der Waals surface area (Å²) in [5.41, 5.74) is 7.54. The minimum absolute atomic E-state index is 0.105. The number of nitrogens with zero attached hydrogens (tertiary/aromatic N) is 1. The molecule has 4 N–H and O–H groups in total. The van der Waals surface area contributed by atoms with Gasteiger partial charge in [-0.15, -0.1) is 11.3 Å². The Morgan fingerprint density at radius 2 is 1.84 bits per heavy atom. The van der Waals surface area contributed by atoms with Gasteiger partial charge < -0.3 is 16.4 Å². The van der Waals surface area contributed by atoms with Crippen LogP contribution in [-0.2, 0) is 22.4 Å². The number of halogens is 2. The second-order valence-corrected chi connectivity index (χ2v) is 9.41. The Bertz CT molecular complexity index is 1010. The molecule has 166 valence electrons. The van der Waals surface area contributed by atoms with E-state index >= 15 is 0 Å². The largest absolute Gasteiger partial charge is 0.365 e. The standard InChI is InChI=1S/C21H24Cl2N4O3S/c1-27(11-18(29)25-12-6-7-14(22)15(23)10-12)9-8-17(28)26-21-19(20(24)30)13-4-2-3-5-16(13)31-21/h6-7,10H,2-5,8-9,11H2,1H3,(H2,24,30)(H,25,29)(H,26,28). The van der Waals surface area contributed by atoms with E-state index in [2.05, 4.69) is 10.6 Å². The fourth-order valence-corrected chi connectivity index (χ4v) is 5.10.